The number of methoxy groups -OCH3 is 1. The zero-order valence-corrected chi connectivity index (χ0v) is 11.4. The molecule has 0 aromatic carbocycles. The number of unbranched alkanes of at least 4 members (excludes halogenated alkanes) is 1. The summed E-state index contributed by atoms with van der Waals surface area (Å²) in [7, 11) is 1.85. The van der Waals surface area contributed by atoms with E-state index in [1.165, 1.54) is 37.8 Å². The fourth-order valence-corrected chi connectivity index (χ4v) is 2.91. The Kier molecular flexibility index (Phi) is 4.27. The fraction of sp³-hybridized carbons (Fsp3) is 0.733. The molecule has 2 unspecified atom stereocenters. The molecule has 1 heterocycles. The zero-order valence-electron chi connectivity index (χ0n) is 11.4. The van der Waals surface area contributed by atoms with Crippen molar-refractivity contribution in [1.82, 2.24) is 4.90 Å². The molecule has 0 N–H and O–H groups in total. The van der Waals surface area contributed by atoms with Gasteiger partial charge in [0.25, 0.3) is 0 Å². The second-order valence-corrected chi connectivity index (χ2v) is 5.34. The summed E-state index contributed by atoms with van der Waals surface area (Å²) in [6.07, 6.45) is 10.1. The van der Waals surface area contributed by atoms with Crippen molar-refractivity contribution in [2.75, 3.05) is 20.2 Å². The van der Waals surface area contributed by atoms with Crippen LogP contribution in [0.4, 0.5) is 0 Å². The van der Waals surface area contributed by atoms with Crippen molar-refractivity contribution >= 4 is 0 Å². The summed E-state index contributed by atoms with van der Waals surface area (Å²) >= 11 is 0. The maximum Gasteiger partial charge on any atom is 0.0752 e. The van der Waals surface area contributed by atoms with Crippen molar-refractivity contribution < 1.29 is 4.74 Å². The van der Waals surface area contributed by atoms with Crippen LogP contribution in [0.3, 0.4) is 0 Å². The van der Waals surface area contributed by atoms with E-state index in [1.807, 2.05) is 7.11 Å². The number of fused-ring (bicyclic) bond motifs is 1. The summed E-state index contributed by atoms with van der Waals surface area (Å²) in [5.41, 5.74) is 2.99. The van der Waals surface area contributed by atoms with Gasteiger partial charge in [-0.3, -0.25) is 0 Å². The Bertz CT molecular complexity index is 319. The van der Waals surface area contributed by atoms with E-state index in [-0.39, 0.29) is 0 Å². The van der Waals surface area contributed by atoms with Crippen LogP contribution in [0, 0.1) is 5.92 Å². The van der Waals surface area contributed by atoms with Gasteiger partial charge in [-0.05, 0) is 32.3 Å². The average Bonchev–Trinajstić information content (AvgIpc) is 2.35. The third-order valence-electron chi connectivity index (χ3n) is 3.97. The molecule has 0 saturated carbocycles. The molecule has 0 aromatic heterocycles. The number of ether oxygens (including phenoxy) is 1. The Morgan fingerprint density at radius 3 is 3.00 bits per heavy atom. The van der Waals surface area contributed by atoms with Crippen molar-refractivity contribution in [1.29, 1.82) is 0 Å². The average molecular weight is 235 g/mol. The molecule has 2 aliphatic rings. The minimum Gasteiger partial charge on any atom is -0.380 e. The lowest BCUT2D eigenvalue weighted by atomic mass is 9.84. The maximum atomic E-state index is 5.59. The quantitative estimate of drug-likeness (QED) is 0.741. The lowest BCUT2D eigenvalue weighted by Gasteiger charge is -2.42. The van der Waals surface area contributed by atoms with Crippen LogP contribution < -0.4 is 0 Å². The van der Waals surface area contributed by atoms with Gasteiger partial charge in [0.15, 0.2) is 0 Å². The smallest absolute Gasteiger partial charge is 0.0752 e. The Morgan fingerprint density at radius 2 is 2.29 bits per heavy atom. The number of piperidine rings is 1. The molecule has 1 fully saturated rings. The molecule has 0 amide bonds. The minimum absolute atomic E-state index is 0.417. The normalized spacial score (nSPS) is 28.5. The summed E-state index contributed by atoms with van der Waals surface area (Å²) in [4.78, 5) is 2.56. The van der Waals surface area contributed by atoms with Crippen molar-refractivity contribution in [3.8, 4) is 0 Å². The van der Waals surface area contributed by atoms with Gasteiger partial charge in [-0.15, -0.1) is 0 Å². The molecular weight excluding hydrogens is 210 g/mol. The van der Waals surface area contributed by atoms with Gasteiger partial charge in [0, 0.05) is 31.8 Å². The predicted octanol–water partition coefficient (Wildman–Crippen LogP) is 3.36. The van der Waals surface area contributed by atoms with Crippen LogP contribution in [0.25, 0.3) is 0 Å². The number of nitrogens with zero attached hydrogens (tertiary/aromatic N) is 1. The van der Waals surface area contributed by atoms with Crippen LogP contribution in [-0.2, 0) is 4.74 Å². The maximum absolute atomic E-state index is 5.59. The largest absolute Gasteiger partial charge is 0.380 e. The standard InChI is InChI=1S/C15H25NO/c1-4-5-8-16-11-14(17-3)10-13-7-6-12(2)9-15(13)16/h6,9,13-14H,4-5,7-8,10-11H2,1-3H3. The Balaban J connectivity index is 2.11. The first-order chi connectivity index (χ1) is 8.24. The van der Waals surface area contributed by atoms with Gasteiger partial charge in [0.2, 0.25) is 0 Å². The van der Waals surface area contributed by atoms with Gasteiger partial charge in [0.05, 0.1) is 6.10 Å². The molecule has 2 atom stereocenters. The highest BCUT2D eigenvalue weighted by Crippen LogP contribution is 2.35. The molecule has 0 radical (unpaired) electrons. The first kappa shape index (κ1) is 12.7. The van der Waals surface area contributed by atoms with Gasteiger partial charge in [-0.1, -0.05) is 25.0 Å². The van der Waals surface area contributed by atoms with E-state index in [9.17, 15) is 0 Å². The number of rotatable bonds is 4. The van der Waals surface area contributed by atoms with E-state index in [0.717, 1.165) is 6.54 Å². The van der Waals surface area contributed by atoms with Crippen molar-refractivity contribution in [3.05, 3.63) is 23.4 Å². The van der Waals surface area contributed by atoms with Crippen LogP contribution in [0.1, 0.15) is 39.5 Å². The first-order valence-electron chi connectivity index (χ1n) is 6.90. The molecule has 96 valence electrons. The van der Waals surface area contributed by atoms with Gasteiger partial charge in [0.1, 0.15) is 0 Å². The molecule has 1 aliphatic heterocycles. The zero-order chi connectivity index (χ0) is 12.3. The number of allylic oxidation sites excluding steroid dienone is 4. The number of likely N-dealkylation sites (tertiary alicyclic amines) is 1. The lowest BCUT2D eigenvalue weighted by molar-refractivity contribution is 0.0290. The molecule has 2 heteroatoms. The third-order valence-corrected chi connectivity index (χ3v) is 3.97. The molecule has 0 aromatic rings. The van der Waals surface area contributed by atoms with E-state index < -0.39 is 0 Å². The van der Waals surface area contributed by atoms with Crippen LogP contribution in [0.5, 0.6) is 0 Å². The van der Waals surface area contributed by atoms with Crippen LogP contribution in [0.15, 0.2) is 23.4 Å². The summed E-state index contributed by atoms with van der Waals surface area (Å²) in [6, 6.07) is 0. The van der Waals surface area contributed by atoms with E-state index >= 15 is 0 Å². The lowest BCUT2D eigenvalue weighted by Crippen LogP contribution is -2.43. The van der Waals surface area contributed by atoms with Crippen molar-refractivity contribution in [2.45, 2.75) is 45.6 Å². The second kappa shape index (κ2) is 5.72. The van der Waals surface area contributed by atoms with Gasteiger partial charge in [-0.2, -0.15) is 0 Å². The SMILES string of the molecule is CCCCN1CC(OC)CC2CC=C(C)C=C21. The highest BCUT2D eigenvalue weighted by atomic mass is 16.5. The van der Waals surface area contributed by atoms with Gasteiger partial charge >= 0.3 is 0 Å². The third kappa shape index (κ3) is 2.92. The number of hydrogen-bond acceptors (Lipinski definition) is 2. The van der Waals surface area contributed by atoms with E-state index in [1.54, 1.807) is 5.70 Å². The van der Waals surface area contributed by atoms with Crippen LogP contribution >= 0.6 is 0 Å². The summed E-state index contributed by atoms with van der Waals surface area (Å²) in [5, 5.41) is 0. The molecule has 2 rings (SSSR count). The minimum atomic E-state index is 0.417. The first-order valence-corrected chi connectivity index (χ1v) is 6.90. The molecular formula is C15H25NO. The summed E-state index contributed by atoms with van der Waals surface area (Å²) in [5.74, 6) is 0.689. The van der Waals surface area contributed by atoms with Gasteiger partial charge in [-0.25, -0.2) is 0 Å². The van der Waals surface area contributed by atoms with Crippen LogP contribution in [-0.4, -0.2) is 31.2 Å². The van der Waals surface area contributed by atoms with E-state index in [2.05, 4.69) is 30.9 Å². The Labute approximate surface area is 105 Å². The Hall–Kier alpha value is -0.760. The van der Waals surface area contributed by atoms with Crippen molar-refractivity contribution in [3.63, 3.8) is 0 Å². The molecule has 1 aliphatic carbocycles. The molecule has 2 nitrogen and oxygen atoms in total. The fourth-order valence-electron chi connectivity index (χ4n) is 2.91. The van der Waals surface area contributed by atoms with Crippen LogP contribution in [0.2, 0.25) is 0 Å². The molecule has 0 spiro atoms. The summed E-state index contributed by atoms with van der Waals surface area (Å²) in [6.45, 7) is 6.73. The topological polar surface area (TPSA) is 12.5 Å². The summed E-state index contributed by atoms with van der Waals surface area (Å²) < 4.78 is 5.59. The molecule has 0 bridgehead atoms. The second-order valence-electron chi connectivity index (χ2n) is 5.34. The van der Waals surface area contributed by atoms with Gasteiger partial charge < -0.3 is 9.64 Å². The van der Waals surface area contributed by atoms with E-state index in [0.29, 0.717) is 12.0 Å². The predicted molar refractivity (Wildman–Crippen MR) is 71.8 cm³/mol. The van der Waals surface area contributed by atoms with Crippen molar-refractivity contribution in [2.24, 2.45) is 5.92 Å². The highest BCUT2D eigenvalue weighted by Gasteiger charge is 2.31. The molecule has 17 heavy (non-hydrogen) atoms. The molecule has 1 saturated heterocycles. The Morgan fingerprint density at radius 1 is 1.47 bits per heavy atom. The van der Waals surface area contributed by atoms with E-state index in [4.69, 9.17) is 4.74 Å². The highest BCUT2D eigenvalue weighted by molar-refractivity contribution is 5.29. The number of hydrogen-bond donors (Lipinski definition) is 0. The monoisotopic (exact) mass is 235 g/mol.